The number of ether oxygens (including phenoxy) is 1. The maximum atomic E-state index is 13.7. The van der Waals surface area contributed by atoms with Crippen molar-refractivity contribution in [3.63, 3.8) is 0 Å². The molecule has 2 aromatic carbocycles. The fraction of sp³-hybridized carbons (Fsp3) is 0.462. The number of benzene rings is 2. The van der Waals surface area contributed by atoms with Gasteiger partial charge in [0.1, 0.15) is 18.3 Å². The molecule has 0 radical (unpaired) electrons. The Morgan fingerprint density at radius 2 is 1.60 bits per heavy atom. The first-order chi connectivity index (χ1) is 16.4. The summed E-state index contributed by atoms with van der Waals surface area (Å²) in [5, 5.41) is 2.95. The minimum absolute atomic E-state index is 0.167. The number of hydrogen-bond acceptors (Lipinski definition) is 5. The molecule has 2 aromatic rings. The van der Waals surface area contributed by atoms with E-state index in [1.54, 1.807) is 31.2 Å². The van der Waals surface area contributed by atoms with E-state index in [4.69, 9.17) is 4.74 Å². The molecule has 0 aliphatic rings. The number of nitrogens with one attached hydrogen (secondary N) is 1. The quantitative estimate of drug-likeness (QED) is 0.506. The van der Waals surface area contributed by atoms with Gasteiger partial charge in [-0.25, -0.2) is 8.42 Å². The molecule has 0 fully saturated rings. The van der Waals surface area contributed by atoms with Crippen molar-refractivity contribution in [2.24, 2.45) is 0 Å². The molecule has 2 rings (SSSR count). The molecule has 192 valence electrons. The zero-order chi connectivity index (χ0) is 26.2. The first-order valence-electron chi connectivity index (χ1n) is 11.7. The molecule has 2 amide bonds. The van der Waals surface area contributed by atoms with Gasteiger partial charge in [-0.1, -0.05) is 49.4 Å². The van der Waals surface area contributed by atoms with E-state index >= 15 is 0 Å². The summed E-state index contributed by atoms with van der Waals surface area (Å²) in [5.41, 5.74) is 0.627. The summed E-state index contributed by atoms with van der Waals surface area (Å²) in [6.07, 6.45) is 1.42. The highest BCUT2D eigenvalue weighted by molar-refractivity contribution is 7.92. The minimum Gasteiger partial charge on any atom is -0.492 e. The summed E-state index contributed by atoms with van der Waals surface area (Å²) >= 11 is 0. The van der Waals surface area contributed by atoms with Crippen LogP contribution in [0.4, 0.5) is 5.69 Å². The zero-order valence-electron chi connectivity index (χ0n) is 21.4. The molecule has 1 N–H and O–H groups in total. The number of carbonyl (C=O) groups is 2. The summed E-state index contributed by atoms with van der Waals surface area (Å²) in [7, 11) is -3.84. The molecule has 0 spiro atoms. The van der Waals surface area contributed by atoms with Crippen molar-refractivity contribution in [3.8, 4) is 5.75 Å². The van der Waals surface area contributed by atoms with Gasteiger partial charge < -0.3 is 15.0 Å². The van der Waals surface area contributed by atoms with Gasteiger partial charge in [0.25, 0.3) is 0 Å². The lowest BCUT2D eigenvalue weighted by atomic mass is 10.1. The van der Waals surface area contributed by atoms with Gasteiger partial charge in [0.05, 0.1) is 18.6 Å². The van der Waals surface area contributed by atoms with Crippen molar-refractivity contribution in [1.82, 2.24) is 10.2 Å². The molecule has 0 aliphatic carbocycles. The van der Waals surface area contributed by atoms with Crippen LogP contribution >= 0.6 is 0 Å². The van der Waals surface area contributed by atoms with Crippen molar-refractivity contribution in [2.75, 3.05) is 23.7 Å². The van der Waals surface area contributed by atoms with Crippen LogP contribution in [0.1, 0.15) is 46.6 Å². The summed E-state index contributed by atoms with van der Waals surface area (Å²) in [5.74, 6) is -0.410. The van der Waals surface area contributed by atoms with Gasteiger partial charge in [0.2, 0.25) is 21.8 Å². The van der Waals surface area contributed by atoms with Gasteiger partial charge in [-0.2, -0.15) is 0 Å². The van der Waals surface area contributed by atoms with Crippen LogP contribution in [0.15, 0.2) is 54.6 Å². The first kappa shape index (κ1) is 28.2. The smallest absolute Gasteiger partial charge is 0.244 e. The third-order valence-electron chi connectivity index (χ3n) is 5.19. The molecule has 0 heterocycles. The molecule has 9 heteroatoms. The van der Waals surface area contributed by atoms with Crippen molar-refractivity contribution < 1.29 is 22.7 Å². The van der Waals surface area contributed by atoms with Crippen LogP contribution in [-0.2, 0) is 26.2 Å². The van der Waals surface area contributed by atoms with E-state index in [1.807, 2.05) is 58.0 Å². The summed E-state index contributed by atoms with van der Waals surface area (Å²) in [4.78, 5) is 28.3. The molecule has 35 heavy (non-hydrogen) atoms. The van der Waals surface area contributed by atoms with Gasteiger partial charge in [-0.3, -0.25) is 13.9 Å². The average molecular weight is 504 g/mol. The number of rotatable bonds is 11. The Labute approximate surface area is 209 Å². The van der Waals surface area contributed by atoms with Gasteiger partial charge >= 0.3 is 0 Å². The van der Waals surface area contributed by atoms with Gasteiger partial charge in [0, 0.05) is 12.1 Å². The van der Waals surface area contributed by atoms with E-state index in [0.29, 0.717) is 18.8 Å². The standard InChI is InChI=1S/C26H37N3O5S/c1-7-21(25(31)27-26(3,4)5)28(18-20-14-10-9-11-15-20)24(30)19-29(35(6,32)33)22-16-12-13-17-23(22)34-8-2/h9-17,21H,7-8,18-19H2,1-6H3,(H,27,31)/t21-/m0/s1. The number of amides is 2. The van der Waals surface area contributed by atoms with Crippen molar-refractivity contribution >= 4 is 27.5 Å². The highest BCUT2D eigenvalue weighted by Crippen LogP contribution is 2.30. The fourth-order valence-electron chi connectivity index (χ4n) is 3.69. The number of hydrogen-bond donors (Lipinski definition) is 1. The van der Waals surface area contributed by atoms with Crippen LogP contribution in [0.2, 0.25) is 0 Å². The van der Waals surface area contributed by atoms with E-state index < -0.39 is 34.1 Å². The number of sulfonamides is 1. The Bertz CT molecular complexity index is 1100. The molecule has 8 nitrogen and oxygen atoms in total. The lowest BCUT2D eigenvalue weighted by Crippen LogP contribution is -2.55. The van der Waals surface area contributed by atoms with E-state index in [1.165, 1.54) is 4.90 Å². The summed E-state index contributed by atoms with van der Waals surface area (Å²) < 4.78 is 32.2. The van der Waals surface area contributed by atoms with Crippen molar-refractivity contribution in [2.45, 2.75) is 59.2 Å². The Hall–Kier alpha value is -3.07. The second kappa shape index (κ2) is 12.1. The molecule has 0 aliphatic heterocycles. The largest absolute Gasteiger partial charge is 0.492 e. The molecule has 0 saturated heterocycles. The van der Waals surface area contributed by atoms with Gasteiger partial charge in [0.15, 0.2) is 0 Å². The Kier molecular flexibility index (Phi) is 9.71. The third kappa shape index (κ3) is 8.28. The number of para-hydroxylation sites is 2. The maximum Gasteiger partial charge on any atom is 0.244 e. The molecule has 1 atom stereocenters. The van der Waals surface area contributed by atoms with Crippen LogP contribution in [0, 0.1) is 0 Å². The van der Waals surface area contributed by atoms with E-state index in [9.17, 15) is 18.0 Å². The average Bonchev–Trinajstić information content (AvgIpc) is 2.76. The van der Waals surface area contributed by atoms with Crippen molar-refractivity contribution in [1.29, 1.82) is 0 Å². The molecular formula is C26H37N3O5S. The SMILES string of the molecule is CCOc1ccccc1N(CC(=O)N(Cc1ccccc1)[C@@H](CC)C(=O)NC(C)(C)C)S(C)(=O)=O. The van der Waals surface area contributed by atoms with Gasteiger partial charge in [-0.15, -0.1) is 0 Å². The van der Waals surface area contributed by atoms with E-state index in [2.05, 4.69) is 5.32 Å². The Morgan fingerprint density at radius 1 is 1.00 bits per heavy atom. The number of anilines is 1. The molecule has 0 bridgehead atoms. The van der Waals surface area contributed by atoms with Crippen molar-refractivity contribution in [3.05, 3.63) is 60.2 Å². The Morgan fingerprint density at radius 3 is 2.14 bits per heavy atom. The number of carbonyl (C=O) groups excluding carboxylic acids is 2. The first-order valence-corrected chi connectivity index (χ1v) is 13.6. The van der Waals surface area contributed by atoms with E-state index in [0.717, 1.165) is 16.1 Å². The summed E-state index contributed by atoms with van der Waals surface area (Å²) in [6, 6.07) is 15.2. The highest BCUT2D eigenvalue weighted by Gasteiger charge is 2.33. The predicted molar refractivity (Wildman–Crippen MR) is 139 cm³/mol. The van der Waals surface area contributed by atoms with Crippen LogP contribution < -0.4 is 14.4 Å². The molecule has 0 saturated carbocycles. The van der Waals surface area contributed by atoms with Crippen LogP contribution in [-0.4, -0.2) is 56.1 Å². The lowest BCUT2D eigenvalue weighted by Gasteiger charge is -2.34. The van der Waals surface area contributed by atoms with Gasteiger partial charge in [-0.05, 0) is 51.8 Å². The second-order valence-electron chi connectivity index (χ2n) is 9.34. The van der Waals surface area contributed by atoms with E-state index in [-0.39, 0.29) is 18.1 Å². The third-order valence-corrected chi connectivity index (χ3v) is 6.32. The fourth-order valence-corrected chi connectivity index (χ4v) is 4.54. The zero-order valence-corrected chi connectivity index (χ0v) is 22.3. The summed E-state index contributed by atoms with van der Waals surface area (Å²) in [6.45, 7) is 9.29. The monoisotopic (exact) mass is 503 g/mol. The molecule has 0 aromatic heterocycles. The number of nitrogens with zero attached hydrogens (tertiary/aromatic N) is 2. The lowest BCUT2D eigenvalue weighted by molar-refractivity contribution is -0.141. The van der Waals surface area contributed by atoms with Crippen LogP contribution in [0.3, 0.4) is 0 Å². The highest BCUT2D eigenvalue weighted by atomic mass is 32.2. The van der Waals surface area contributed by atoms with Crippen LogP contribution in [0.25, 0.3) is 0 Å². The second-order valence-corrected chi connectivity index (χ2v) is 11.2. The topological polar surface area (TPSA) is 96.0 Å². The predicted octanol–water partition coefficient (Wildman–Crippen LogP) is 3.57. The normalized spacial score (nSPS) is 12.5. The minimum atomic E-state index is -3.84. The molecular weight excluding hydrogens is 466 g/mol. The molecule has 0 unspecified atom stereocenters. The maximum absolute atomic E-state index is 13.7. The van der Waals surface area contributed by atoms with Crippen LogP contribution in [0.5, 0.6) is 5.75 Å². The Balaban J connectivity index is 2.48.